The molecule has 1 aromatic rings. The summed E-state index contributed by atoms with van der Waals surface area (Å²) in [4.78, 5) is 21.0. The van der Waals surface area contributed by atoms with Crippen LogP contribution in [-0.4, -0.2) is 16.2 Å². The van der Waals surface area contributed by atoms with Crippen LogP contribution in [0.4, 0.5) is 0 Å². The van der Waals surface area contributed by atoms with Crippen molar-refractivity contribution in [2.45, 2.75) is 13.3 Å². The van der Waals surface area contributed by atoms with Crippen molar-refractivity contribution < 1.29 is 19.4 Å². The molecule has 0 saturated heterocycles. The lowest BCUT2D eigenvalue weighted by atomic mass is 10.1. The van der Waals surface area contributed by atoms with Gasteiger partial charge in [-0.3, -0.25) is 4.79 Å². The highest BCUT2D eigenvalue weighted by Crippen LogP contribution is 2.18. The Morgan fingerprint density at radius 3 is 2.69 bits per heavy atom. The van der Waals surface area contributed by atoms with Crippen LogP contribution in [0.25, 0.3) is 0 Å². The van der Waals surface area contributed by atoms with Gasteiger partial charge in [0.1, 0.15) is 11.5 Å². The van der Waals surface area contributed by atoms with Gasteiger partial charge in [-0.2, -0.15) is 0 Å². The Bertz CT molecular complexity index is 364. The largest absolute Gasteiger partial charge is 0.507 e. The zero-order valence-corrected chi connectivity index (χ0v) is 6.90. The highest BCUT2D eigenvalue weighted by atomic mass is 16.4. The van der Waals surface area contributed by atoms with E-state index in [9.17, 15) is 14.7 Å². The number of hydrogen-bond donors (Lipinski definition) is 2. The summed E-state index contributed by atoms with van der Waals surface area (Å²) in [7, 11) is 0. The fourth-order valence-corrected chi connectivity index (χ4v) is 0.987. The Morgan fingerprint density at radius 2 is 2.23 bits per heavy atom. The van der Waals surface area contributed by atoms with Crippen molar-refractivity contribution >= 4 is 5.97 Å². The molecule has 70 valence electrons. The normalized spacial score (nSPS) is 9.92. The molecule has 0 aliphatic heterocycles. The third-order valence-electron chi connectivity index (χ3n) is 1.57. The number of rotatable bonds is 2. The molecule has 5 nitrogen and oxygen atoms in total. The maximum absolute atomic E-state index is 10.7. The molecule has 0 aromatic carbocycles. The molecule has 1 heterocycles. The van der Waals surface area contributed by atoms with E-state index in [1.165, 1.54) is 6.92 Å². The number of carboxylic acid groups (broad SMARTS) is 1. The summed E-state index contributed by atoms with van der Waals surface area (Å²) in [6.45, 7) is 1.43. The summed E-state index contributed by atoms with van der Waals surface area (Å²) in [6, 6.07) is 0.852. The average molecular weight is 184 g/mol. The molecule has 0 amide bonds. The van der Waals surface area contributed by atoms with Crippen LogP contribution in [0.2, 0.25) is 0 Å². The first-order chi connectivity index (χ1) is 6.00. The van der Waals surface area contributed by atoms with Crippen molar-refractivity contribution in [2.24, 2.45) is 0 Å². The van der Waals surface area contributed by atoms with Gasteiger partial charge in [0.05, 0.1) is 12.5 Å². The van der Waals surface area contributed by atoms with Crippen LogP contribution >= 0.6 is 0 Å². The Labute approximate surface area is 73.2 Å². The van der Waals surface area contributed by atoms with Gasteiger partial charge in [-0.25, -0.2) is 4.79 Å². The second-order valence-corrected chi connectivity index (χ2v) is 2.56. The van der Waals surface area contributed by atoms with E-state index in [0.717, 1.165) is 6.07 Å². The fourth-order valence-electron chi connectivity index (χ4n) is 0.987. The molecule has 2 N–H and O–H groups in total. The maximum atomic E-state index is 10.7. The maximum Gasteiger partial charge on any atom is 0.339 e. The quantitative estimate of drug-likeness (QED) is 0.689. The van der Waals surface area contributed by atoms with Crippen LogP contribution < -0.4 is 5.63 Å². The van der Waals surface area contributed by atoms with E-state index in [-0.39, 0.29) is 23.5 Å². The lowest BCUT2D eigenvalue weighted by Gasteiger charge is -2.02. The first-order valence-corrected chi connectivity index (χ1v) is 3.55. The predicted octanol–water partition coefficient (Wildman–Crippen LogP) is 0.281. The van der Waals surface area contributed by atoms with Gasteiger partial charge < -0.3 is 14.6 Å². The summed E-state index contributed by atoms with van der Waals surface area (Å²) >= 11 is 0. The number of aryl methyl sites for hydroxylation is 1. The van der Waals surface area contributed by atoms with Crippen molar-refractivity contribution in [3.05, 3.63) is 27.8 Å². The molecule has 0 aliphatic rings. The first kappa shape index (κ1) is 9.31. The minimum absolute atomic E-state index is 0.132. The average Bonchev–Trinajstić information content (AvgIpc) is 1.96. The Balaban J connectivity index is 3.20. The lowest BCUT2D eigenvalue weighted by molar-refractivity contribution is -0.136. The van der Waals surface area contributed by atoms with E-state index in [4.69, 9.17) is 5.11 Å². The minimum atomic E-state index is -1.09. The summed E-state index contributed by atoms with van der Waals surface area (Å²) in [5.74, 6) is -1.30. The molecule has 1 aromatic heterocycles. The van der Waals surface area contributed by atoms with Crippen LogP contribution in [0.3, 0.4) is 0 Å². The summed E-state index contributed by atoms with van der Waals surface area (Å²) in [5.41, 5.74) is -0.559. The molecule has 0 atom stereocenters. The molecule has 0 radical (unpaired) electrons. The lowest BCUT2D eigenvalue weighted by Crippen LogP contribution is -2.06. The van der Waals surface area contributed by atoms with Crippen LogP contribution in [-0.2, 0) is 11.2 Å². The molecule has 0 aliphatic carbocycles. The number of aliphatic carboxylic acids is 1. The molecule has 5 heteroatoms. The van der Waals surface area contributed by atoms with Crippen LogP contribution in [0.15, 0.2) is 15.3 Å². The highest BCUT2D eigenvalue weighted by Gasteiger charge is 2.11. The number of carbonyl (C=O) groups is 1. The molecule has 0 unspecified atom stereocenters. The van der Waals surface area contributed by atoms with Crippen LogP contribution in [0, 0.1) is 6.92 Å². The van der Waals surface area contributed by atoms with E-state index in [1.54, 1.807) is 0 Å². The van der Waals surface area contributed by atoms with Gasteiger partial charge in [0.15, 0.2) is 0 Å². The fraction of sp³-hybridized carbons (Fsp3) is 0.250. The number of aromatic hydroxyl groups is 1. The third kappa shape index (κ3) is 2.08. The molecule has 0 saturated carbocycles. The first-order valence-electron chi connectivity index (χ1n) is 3.55. The second kappa shape index (κ2) is 3.30. The van der Waals surface area contributed by atoms with Crippen LogP contribution in [0.1, 0.15) is 11.3 Å². The number of hydrogen-bond acceptors (Lipinski definition) is 4. The molecule has 0 bridgehead atoms. The molecule has 0 spiro atoms. The van der Waals surface area contributed by atoms with E-state index >= 15 is 0 Å². The third-order valence-corrected chi connectivity index (χ3v) is 1.57. The van der Waals surface area contributed by atoms with Gasteiger partial charge >= 0.3 is 11.6 Å². The Hall–Kier alpha value is -1.78. The van der Waals surface area contributed by atoms with Crippen molar-refractivity contribution in [1.29, 1.82) is 0 Å². The second-order valence-electron chi connectivity index (χ2n) is 2.56. The number of carboxylic acids is 1. The molecule has 13 heavy (non-hydrogen) atoms. The molecular weight excluding hydrogens is 176 g/mol. The standard InChI is InChI=1S/C8H8O5/c1-4-5(2-7(10)11)6(9)3-8(12)13-4/h3,9H,2H2,1H3,(H,10,11). The van der Waals surface area contributed by atoms with E-state index in [1.807, 2.05) is 0 Å². The van der Waals surface area contributed by atoms with Crippen molar-refractivity contribution in [3.63, 3.8) is 0 Å². The Kier molecular flexibility index (Phi) is 2.36. The minimum Gasteiger partial charge on any atom is -0.507 e. The van der Waals surface area contributed by atoms with Gasteiger partial charge in [0.25, 0.3) is 0 Å². The van der Waals surface area contributed by atoms with E-state index < -0.39 is 11.6 Å². The van der Waals surface area contributed by atoms with Gasteiger partial charge in [0, 0.05) is 5.56 Å². The van der Waals surface area contributed by atoms with Crippen molar-refractivity contribution in [2.75, 3.05) is 0 Å². The van der Waals surface area contributed by atoms with Gasteiger partial charge in [-0.15, -0.1) is 0 Å². The molecular formula is C8H8O5. The molecule has 1 rings (SSSR count). The monoisotopic (exact) mass is 184 g/mol. The summed E-state index contributed by atoms with van der Waals surface area (Å²) in [5, 5.41) is 17.7. The zero-order chi connectivity index (χ0) is 10.0. The van der Waals surface area contributed by atoms with Crippen LogP contribution in [0.5, 0.6) is 5.75 Å². The van der Waals surface area contributed by atoms with Crippen molar-refractivity contribution in [1.82, 2.24) is 0 Å². The summed E-state index contributed by atoms with van der Waals surface area (Å²) < 4.78 is 4.61. The van der Waals surface area contributed by atoms with E-state index in [2.05, 4.69) is 4.42 Å². The van der Waals surface area contributed by atoms with Gasteiger partial charge in [-0.1, -0.05) is 0 Å². The predicted molar refractivity (Wildman–Crippen MR) is 42.7 cm³/mol. The summed E-state index contributed by atoms with van der Waals surface area (Å²) in [6.07, 6.45) is -0.360. The highest BCUT2D eigenvalue weighted by molar-refractivity contribution is 5.71. The molecule has 0 fully saturated rings. The van der Waals surface area contributed by atoms with Gasteiger partial charge in [0.2, 0.25) is 0 Å². The zero-order valence-electron chi connectivity index (χ0n) is 6.90. The topological polar surface area (TPSA) is 87.7 Å². The smallest absolute Gasteiger partial charge is 0.339 e. The Morgan fingerprint density at radius 1 is 1.62 bits per heavy atom. The SMILES string of the molecule is Cc1oc(=O)cc(O)c1CC(=O)O. The van der Waals surface area contributed by atoms with Gasteiger partial charge in [-0.05, 0) is 6.92 Å². The van der Waals surface area contributed by atoms with E-state index in [0.29, 0.717) is 0 Å². The van der Waals surface area contributed by atoms with Crippen molar-refractivity contribution in [3.8, 4) is 5.75 Å².